The van der Waals surface area contributed by atoms with Crippen molar-refractivity contribution in [1.82, 2.24) is 0 Å². The van der Waals surface area contributed by atoms with E-state index in [1.54, 1.807) is 19.1 Å². The number of benzene rings is 1. The molecule has 0 spiro atoms. The minimum atomic E-state index is -2.58. The first-order valence-corrected chi connectivity index (χ1v) is 6.22. The van der Waals surface area contributed by atoms with Crippen LogP contribution in [-0.2, 0) is 0 Å². The van der Waals surface area contributed by atoms with Crippen LogP contribution in [0.2, 0.25) is 0 Å². The largest absolute Gasteiger partial charge is 0.493 e. The van der Waals surface area contributed by atoms with Gasteiger partial charge in [-0.25, -0.2) is 13.6 Å². The van der Waals surface area contributed by atoms with Crippen LogP contribution in [0.1, 0.15) is 35.2 Å². The van der Waals surface area contributed by atoms with Gasteiger partial charge in [0.05, 0.1) is 12.2 Å². The maximum Gasteiger partial charge on any atom is 0.336 e. The van der Waals surface area contributed by atoms with E-state index in [0.29, 0.717) is 17.7 Å². The van der Waals surface area contributed by atoms with Crippen LogP contribution < -0.4 is 4.74 Å². The van der Waals surface area contributed by atoms with Crippen molar-refractivity contribution in [2.24, 2.45) is 5.92 Å². The molecule has 19 heavy (non-hydrogen) atoms. The highest BCUT2D eigenvalue weighted by Gasteiger charge is 2.39. The van der Waals surface area contributed by atoms with Crippen LogP contribution in [0.4, 0.5) is 8.78 Å². The number of halogens is 2. The number of carboxylic acids is 1. The molecule has 0 aromatic heterocycles. The summed E-state index contributed by atoms with van der Waals surface area (Å²) in [6.45, 7) is 1.86. The molecule has 1 N–H and O–H groups in total. The fraction of sp³-hybridized carbons (Fsp3) is 0.500. The van der Waals surface area contributed by atoms with E-state index >= 15 is 0 Å². The highest BCUT2D eigenvalue weighted by molar-refractivity contribution is 5.90. The number of alkyl halides is 2. The molecule has 1 aliphatic carbocycles. The van der Waals surface area contributed by atoms with Crippen LogP contribution in [0.5, 0.6) is 5.75 Å². The molecule has 0 radical (unpaired) electrons. The molecule has 1 unspecified atom stereocenters. The Morgan fingerprint density at radius 2 is 2.26 bits per heavy atom. The molecule has 1 aliphatic rings. The lowest BCUT2D eigenvalue weighted by Gasteiger charge is -2.14. The second-order valence-electron chi connectivity index (χ2n) is 5.01. The van der Waals surface area contributed by atoms with Crippen LogP contribution in [0.25, 0.3) is 0 Å². The highest BCUT2D eigenvalue weighted by atomic mass is 19.3. The van der Waals surface area contributed by atoms with E-state index < -0.39 is 11.9 Å². The molecule has 1 saturated carbocycles. The maximum atomic E-state index is 13.0. The summed E-state index contributed by atoms with van der Waals surface area (Å²) in [6, 6.07) is 4.75. The van der Waals surface area contributed by atoms with Gasteiger partial charge in [-0.1, -0.05) is 6.07 Å². The first-order chi connectivity index (χ1) is 8.89. The molecule has 0 heterocycles. The van der Waals surface area contributed by atoms with Crippen molar-refractivity contribution in [3.05, 3.63) is 29.3 Å². The van der Waals surface area contributed by atoms with Gasteiger partial charge in [0.15, 0.2) is 0 Å². The summed E-state index contributed by atoms with van der Waals surface area (Å²) >= 11 is 0. The summed E-state index contributed by atoms with van der Waals surface area (Å²) in [7, 11) is 0. The lowest BCUT2D eigenvalue weighted by atomic mass is 10.1. The monoisotopic (exact) mass is 270 g/mol. The van der Waals surface area contributed by atoms with E-state index in [-0.39, 0.29) is 30.9 Å². The van der Waals surface area contributed by atoms with Crippen LogP contribution in [-0.4, -0.2) is 23.6 Å². The van der Waals surface area contributed by atoms with E-state index in [9.17, 15) is 13.6 Å². The molecule has 0 aliphatic heterocycles. The summed E-state index contributed by atoms with van der Waals surface area (Å²) in [6.07, 6.45) is 0.213. The number of aromatic carboxylic acids is 1. The first-order valence-electron chi connectivity index (χ1n) is 6.22. The molecule has 1 fully saturated rings. The molecule has 1 aromatic rings. The van der Waals surface area contributed by atoms with Crippen molar-refractivity contribution < 1.29 is 23.4 Å². The number of rotatable bonds is 4. The molecular formula is C14H16F2O3. The zero-order valence-electron chi connectivity index (χ0n) is 10.7. The lowest BCUT2D eigenvalue weighted by molar-refractivity contribution is 0.00291. The van der Waals surface area contributed by atoms with Gasteiger partial charge in [0.25, 0.3) is 0 Å². The standard InChI is InChI=1S/C14H16F2O3/c1-9-11(13(17)18)3-2-4-12(9)19-8-10-5-6-14(15,16)7-10/h2-4,10H,5-8H2,1H3,(H,17,18). The maximum absolute atomic E-state index is 13.0. The SMILES string of the molecule is Cc1c(OCC2CCC(F)(F)C2)cccc1C(=O)O. The van der Waals surface area contributed by atoms with Gasteiger partial charge in [0, 0.05) is 18.4 Å². The molecule has 5 heteroatoms. The predicted octanol–water partition coefficient (Wildman–Crippen LogP) is 3.51. The quantitative estimate of drug-likeness (QED) is 0.910. The zero-order valence-corrected chi connectivity index (χ0v) is 10.7. The van der Waals surface area contributed by atoms with Gasteiger partial charge in [-0.15, -0.1) is 0 Å². The average molecular weight is 270 g/mol. The molecule has 3 nitrogen and oxygen atoms in total. The third-order valence-corrected chi connectivity index (χ3v) is 3.49. The Morgan fingerprint density at radius 1 is 1.53 bits per heavy atom. The predicted molar refractivity (Wildman–Crippen MR) is 65.9 cm³/mol. The number of hydrogen-bond acceptors (Lipinski definition) is 2. The van der Waals surface area contributed by atoms with Crippen LogP contribution in [0.15, 0.2) is 18.2 Å². The summed E-state index contributed by atoms with van der Waals surface area (Å²) in [5.41, 5.74) is 0.703. The minimum absolute atomic E-state index is 0.0881. The van der Waals surface area contributed by atoms with Crippen LogP contribution in [0.3, 0.4) is 0 Å². The smallest absolute Gasteiger partial charge is 0.336 e. The van der Waals surface area contributed by atoms with Crippen molar-refractivity contribution in [3.8, 4) is 5.75 Å². The Hall–Kier alpha value is -1.65. The molecule has 104 valence electrons. The fourth-order valence-electron chi connectivity index (χ4n) is 2.39. The molecule has 0 saturated heterocycles. The summed E-state index contributed by atoms with van der Waals surface area (Å²) in [4.78, 5) is 11.0. The molecule has 2 rings (SSSR count). The summed E-state index contributed by atoms with van der Waals surface area (Å²) in [5, 5.41) is 8.98. The second kappa shape index (κ2) is 5.15. The van der Waals surface area contributed by atoms with Gasteiger partial charge >= 0.3 is 5.97 Å². The van der Waals surface area contributed by atoms with Crippen molar-refractivity contribution in [1.29, 1.82) is 0 Å². The van der Waals surface area contributed by atoms with E-state index in [2.05, 4.69) is 0 Å². The molecule has 0 bridgehead atoms. The van der Waals surface area contributed by atoms with Gasteiger partial charge in [0.1, 0.15) is 5.75 Å². The van der Waals surface area contributed by atoms with Crippen molar-refractivity contribution in [2.75, 3.05) is 6.61 Å². The Balaban J connectivity index is 2.01. The molecular weight excluding hydrogens is 254 g/mol. The zero-order chi connectivity index (χ0) is 14.0. The number of hydrogen-bond donors (Lipinski definition) is 1. The van der Waals surface area contributed by atoms with Crippen LogP contribution >= 0.6 is 0 Å². The van der Waals surface area contributed by atoms with Gasteiger partial charge in [-0.05, 0) is 31.4 Å². The van der Waals surface area contributed by atoms with Crippen molar-refractivity contribution in [2.45, 2.75) is 32.1 Å². The van der Waals surface area contributed by atoms with Crippen molar-refractivity contribution in [3.63, 3.8) is 0 Å². The topological polar surface area (TPSA) is 46.5 Å². The van der Waals surface area contributed by atoms with Gasteiger partial charge in [-0.3, -0.25) is 0 Å². The second-order valence-corrected chi connectivity index (χ2v) is 5.01. The lowest BCUT2D eigenvalue weighted by Crippen LogP contribution is -2.14. The third kappa shape index (κ3) is 3.22. The van der Waals surface area contributed by atoms with Gasteiger partial charge < -0.3 is 9.84 Å². The van der Waals surface area contributed by atoms with E-state index in [1.807, 2.05) is 0 Å². The third-order valence-electron chi connectivity index (χ3n) is 3.49. The fourth-order valence-corrected chi connectivity index (χ4v) is 2.39. The number of carboxylic acid groups (broad SMARTS) is 1. The Kier molecular flexibility index (Phi) is 3.73. The normalized spacial score (nSPS) is 21.3. The van der Waals surface area contributed by atoms with Crippen molar-refractivity contribution >= 4 is 5.97 Å². The van der Waals surface area contributed by atoms with E-state index in [0.717, 1.165) is 0 Å². The number of carbonyl (C=O) groups is 1. The summed E-state index contributed by atoms with van der Waals surface area (Å²) < 4.78 is 31.6. The number of ether oxygens (including phenoxy) is 1. The summed E-state index contributed by atoms with van der Waals surface area (Å²) in [5.74, 6) is -3.31. The van der Waals surface area contributed by atoms with Gasteiger partial charge in [0.2, 0.25) is 5.92 Å². The minimum Gasteiger partial charge on any atom is -0.493 e. The Labute approximate surface area is 110 Å². The molecule has 1 aromatic carbocycles. The Morgan fingerprint density at radius 3 is 2.84 bits per heavy atom. The van der Waals surface area contributed by atoms with E-state index in [1.165, 1.54) is 6.07 Å². The Bertz CT molecular complexity index is 486. The van der Waals surface area contributed by atoms with E-state index in [4.69, 9.17) is 9.84 Å². The molecule has 1 atom stereocenters. The highest BCUT2D eigenvalue weighted by Crippen LogP contribution is 2.39. The molecule has 0 amide bonds. The van der Waals surface area contributed by atoms with Gasteiger partial charge in [-0.2, -0.15) is 0 Å². The van der Waals surface area contributed by atoms with Crippen LogP contribution in [0, 0.1) is 12.8 Å². The average Bonchev–Trinajstić information content (AvgIpc) is 2.67. The first kappa shape index (κ1) is 13.8.